The molecule has 3 N–H and O–H groups in total. The minimum atomic E-state index is -0.613. The van der Waals surface area contributed by atoms with Gasteiger partial charge in [0.15, 0.2) is 0 Å². The standard InChI is InChI=1S/C38H41FN6O4/c1-25-4-2-7-36-42-31(24-45(25)36)22-40-29-8-10-30(11-9-29)43-37(47)35-20-28(39)21-41-38(35)49-33-6-3-5-26(19-33)34-13-12-32(46)18-27(34)23-44-14-16-48-17-15-44/h2-7,12-13,18-21,24,29-30,40,46H,8-11,14-17,22-23H2,1H3,(H,43,47). The van der Waals surface area contributed by atoms with E-state index in [1.165, 1.54) is 6.07 Å². The summed E-state index contributed by atoms with van der Waals surface area (Å²) in [5, 5.41) is 17.0. The number of rotatable bonds is 10. The van der Waals surface area contributed by atoms with Gasteiger partial charge in [-0.3, -0.25) is 9.69 Å². The number of halogens is 1. The van der Waals surface area contributed by atoms with Gasteiger partial charge in [0, 0.05) is 50.2 Å². The summed E-state index contributed by atoms with van der Waals surface area (Å²) in [5.41, 5.74) is 5.95. The van der Waals surface area contributed by atoms with E-state index in [-0.39, 0.29) is 23.2 Å². The van der Waals surface area contributed by atoms with Crippen LogP contribution in [0, 0.1) is 12.7 Å². The molecule has 1 aliphatic heterocycles. The lowest BCUT2D eigenvalue weighted by molar-refractivity contribution is 0.0342. The van der Waals surface area contributed by atoms with Gasteiger partial charge in [0.1, 0.15) is 28.5 Å². The molecule has 2 fully saturated rings. The Hall–Kier alpha value is -4.84. The minimum Gasteiger partial charge on any atom is -0.508 e. The molecule has 5 aromatic rings. The Morgan fingerprint density at radius 3 is 2.63 bits per heavy atom. The highest BCUT2D eigenvalue weighted by Crippen LogP contribution is 2.33. The van der Waals surface area contributed by atoms with Crippen molar-refractivity contribution in [2.24, 2.45) is 0 Å². The van der Waals surface area contributed by atoms with Crippen LogP contribution < -0.4 is 15.4 Å². The zero-order chi connectivity index (χ0) is 33.7. The highest BCUT2D eigenvalue weighted by molar-refractivity contribution is 5.96. The highest BCUT2D eigenvalue weighted by atomic mass is 19.1. The predicted molar refractivity (Wildman–Crippen MR) is 184 cm³/mol. The van der Waals surface area contributed by atoms with E-state index in [1.807, 2.05) is 36.4 Å². The number of aromatic hydroxyl groups is 1. The number of morpholine rings is 1. The maximum Gasteiger partial charge on any atom is 0.257 e. The van der Waals surface area contributed by atoms with Crippen LogP contribution >= 0.6 is 0 Å². The average molecular weight is 665 g/mol. The van der Waals surface area contributed by atoms with Gasteiger partial charge >= 0.3 is 0 Å². The molecule has 4 heterocycles. The van der Waals surface area contributed by atoms with Crippen molar-refractivity contribution in [1.29, 1.82) is 0 Å². The number of nitrogens with zero attached hydrogens (tertiary/aromatic N) is 4. The van der Waals surface area contributed by atoms with Gasteiger partial charge in [-0.15, -0.1) is 0 Å². The van der Waals surface area contributed by atoms with E-state index in [0.29, 0.717) is 38.1 Å². The fraction of sp³-hybridized carbons (Fsp3) is 0.342. The summed E-state index contributed by atoms with van der Waals surface area (Å²) in [6.07, 6.45) is 6.53. The fourth-order valence-electron chi connectivity index (χ4n) is 6.74. The molecule has 1 aliphatic carbocycles. The second-order valence-electron chi connectivity index (χ2n) is 12.9. The molecule has 0 unspecified atom stereocenters. The number of hydrogen-bond acceptors (Lipinski definition) is 8. The Morgan fingerprint density at radius 2 is 1.82 bits per heavy atom. The maximum absolute atomic E-state index is 14.4. The van der Waals surface area contributed by atoms with Gasteiger partial charge in [0.2, 0.25) is 5.88 Å². The molecule has 2 aliphatic rings. The number of hydrogen-bond donors (Lipinski definition) is 3. The molecule has 11 heteroatoms. The largest absolute Gasteiger partial charge is 0.508 e. The van der Waals surface area contributed by atoms with Gasteiger partial charge in [-0.1, -0.05) is 24.3 Å². The van der Waals surface area contributed by atoms with Crippen LogP contribution in [-0.2, 0) is 17.8 Å². The molecule has 49 heavy (non-hydrogen) atoms. The van der Waals surface area contributed by atoms with Crippen molar-refractivity contribution in [2.75, 3.05) is 26.3 Å². The molecule has 3 aromatic heterocycles. The summed E-state index contributed by atoms with van der Waals surface area (Å²) in [6, 6.07) is 20.4. The maximum atomic E-state index is 14.4. The zero-order valence-corrected chi connectivity index (χ0v) is 27.6. The zero-order valence-electron chi connectivity index (χ0n) is 27.6. The van der Waals surface area contributed by atoms with E-state index in [9.17, 15) is 14.3 Å². The number of aryl methyl sites for hydroxylation is 1. The van der Waals surface area contributed by atoms with Crippen molar-refractivity contribution in [3.63, 3.8) is 0 Å². The lowest BCUT2D eigenvalue weighted by Gasteiger charge is -2.29. The van der Waals surface area contributed by atoms with Gasteiger partial charge in [-0.2, -0.15) is 0 Å². The normalized spacial score (nSPS) is 18.4. The van der Waals surface area contributed by atoms with Crippen LogP contribution in [0.15, 0.2) is 79.1 Å². The summed E-state index contributed by atoms with van der Waals surface area (Å²) >= 11 is 0. The van der Waals surface area contributed by atoms with Gasteiger partial charge in [-0.05, 0) is 91.8 Å². The van der Waals surface area contributed by atoms with Crippen molar-refractivity contribution in [2.45, 2.75) is 57.8 Å². The lowest BCUT2D eigenvalue weighted by Crippen LogP contribution is -2.42. The molecule has 0 radical (unpaired) electrons. The molecule has 254 valence electrons. The summed E-state index contributed by atoms with van der Waals surface area (Å²) < 4.78 is 28.1. The topological polar surface area (TPSA) is 113 Å². The Bertz CT molecular complexity index is 1930. The Balaban J connectivity index is 0.984. The molecule has 7 rings (SSSR count). The Labute approximate surface area is 284 Å². The number of carbonyl (C=O) groups excluding carboxylic acids is 1. The SMILES string of the molecule is Cc1cccc2nc(CNC3CCC(NC(=O)c4cc(F)cnc4Oc4cccc(-c5ccc(O)cc5CN5CCOCC5)c4)CC3)cn12. The van der Waals surface area contributed by atoms with E-state index in [0.717, 1.165) is 78.7 Å². The molecule has 1 amide bonds. The molecule has 2 aromatic carbocycles. The van der Waals surface area contributed by atoms with Crippen LogP contribution in [0.1, 0.15) is 53.0 Å². The van der Waals surface area contributed by atoms with Gasteiger partial charge in [0.25, 0.3) is 5.91 Å². The average Bonchev–Trinajstić information content (AvgIpc) is 3.54. The van der Waals surface area contributed by atoms with E-state index in [2.05, 4.69) is 44.1 Å². The summed E-state index contributed by atoms with van der Waals surface area (Å²) in [5.74, 6) is -0.329. The first-order valence-corrected chi connectivity index (χ1v) is 16.9. The number of ether oxygens (including phenoxy) is 2. The Morgan fingerprint density at radius 1 is 1.02 bits per heavy atom. The molecule has 1 saturated heterocycles. The third kappa shape index (κ3) is 7.91. The predicted octanol–water partition coefficient (Wildman–Crippen LogP) is 6.00. The molecule has 0 bridgehead atoms. The van der Waals surface area contributed by atoms with Crippen molar-refractivity contribution in [3.8, 4) is 28.5 Å². The number of carbonyl (C=O) groups is 1. The van der Waals surface area contributed by atoms with Crippen LogP contribution in [0.3, 0.4) is 0 Å². The number of imidazole rings is 1. The van der Waals surface area contributed by atoms with Gasteiger partial charge < -0.3 is 29.6 Å². The molecule has 0 spiro atoms. The van der Waals surface area contributed by atoms with Crippen molar-refractivity contribution >= 4 is 11.6 Å². The summed E-state index contributed by atoms with van der Waals surface area (Å²) in [4.78, 5) is 24.6. The number of benzene rings is 2. The Kier molecular flexibility index (Phi) is 9.83. The van der Waals surface area contributed by atoms with Crippen LogP contribution in [0.5, 0.6) is 17.4 Å². The van der Waals surface area contributed by atoms with E-state index in [4.69, 9.17) is 14.5 Å². The number of phenolic OH excluding ortho intramolecular Hbond substituents is 1. The van der Waals surface area contributed by atoms with Crippen molar-refractivity contribution < 1.29 is 23.8 Å². The fourth-order valence-corrected chi connectivity index (χ4v) is 6.74. The molecule has 10 nitrogen and oxygen atoms in total. The van der Waals surface area contributed by atoms with Crippen LogP contribution in [0.4, 0.5) is 4.39 Å². The number of pyridine rings is 2. The van der Waals surface area contributed by atoms with Crippen LogP contribution in [0.2, 0.25) is 0 Å². The van der Waals surface area contributed by atoms with Crippen LogP contribution in [-0.4, -0.2) is 68.7 Å². The molecular formula is C38H41FN6O4. The van der Waals surface area contributed by atoms with E-state index in [1.54, 1.807) is 18.2 Å². The summed E-state index contributed by atoms with van der Waals surface area (Å²) in [6.45, 7) is 6.42. The first-order valence-electron chi connectivity index (χ1n) is 16.9. The third-order valence-corrected chi connectivity index (χ3v) is 9.39. The number of nitrogens with one attached hydrogen (secondary N) is 2. The number of fused-ring (bicyclic) bond motifs is 1. The molecule has 1 saturated carbocycles. The monoisotopic (exact) mass is 664 g/mol. The second kappa shape index (κ2) is 14.7. The second-order valence-corrected chi connectivity index (χ2v) is 12.9. The third-order valence-electron chi connectivity index (χ3n) is 9.39. The molecular weight excluding hydrogens is 623 g/mol. The number of phenols is 1. The van der Waals surface area contributed by atoms with Crippen molar-refractivity contribution in [3.05, 3.63) is 107 Å². The number of aromatic nitrogens is 3. The van der Waals surface area contributed by atoms with Gasteiger partial charge in [0.05, 0.1) is 25.1 Å². The lowest BCUT2D eigenvalue weighted by atomic mass is 9.91. The highest BCUT2D eigenvalue weighted by Gasteiger charge is 2.25. The van der Waals surface area contributed by atoms with E-state index < -0.39 is 11.7 Å². The quantitative estimate of drug-likeness (QED) is 0.167. The minimum absolute atomic E-state index is 0.0355. The van der Waals surface area contributed by atoms with Gasteiger partial charge in [-0.25, -0.2) is 14.4 Å². The molecule has 0 atom stereocenters. The number of amides is 1. The summed E-state index contributed by atoms with van der Waals surface area (Å²) in [7, 11) is 0. The van der Waals surface area contributed by atoms with Crippen molar-refractivity contribution in [1.82, 2.24) is 29.9 Å². The first kappa shape index (κ1) is 32.7. The smallest absolute Gasteiger partial charge is 0.257 e. The van der Waals surface area contributed by atoms with Crippen LogP contribution in [0.25, 0.3) is 16.8 Å². The first-order chi connectivity index (χ1) is 23.9. The van der Waals surface area contributed by atoms with E-state index >= 15 is 0 Å².